The van der Waals surface area contributed by atoms with Crippen molar-refractivity contribution in [3.8, 4) is 5.88 Å². The number of aromatic nitrogens is 1. The van der Waals surface area contributed by atoms with Crippen molar-refractivity contribution in [3.63, 3.8) is 0 Å². The quantitative estimate of drug-likeness (QED) is 0.724. The highest BCUT2D eigenvalue weighted by molar-refractivity contribution is 5.21. The maximum absolute atomic E-state index is 8.51. The standard InChI is InChI=1S/C9H12NO2/c1-7-5-8(2)10-9(6-7)12-4-3-11/h6,11H,3-4H2,1-2H3. The van der Waals surface area contributed by atoms with Crippen LogP contribution in [-0.2, 0) is 0 Å². The Morgan fingerprint density at radius 2 is 2.33 bits per heavy atom. The molecule has 3 heteroatoms. The Morgan fingerprint density at radius 1 is 1.58 bits per heavy atom. The molecule has 0 aliphatic rings. The molecule has 0 spiro atoms. The lowest BCUT2D eigenvalue weighted by Gasteiger charge is -2.04. The molecule has 0 saturated carbocycles. The predicted molar refractivity (Wildman–Crippen MR) is 45.1 cm³/mol. The van der Waals surface area contributed by atoms with Crippen LogP contribution in [0.2, 0.25) is 0 Å². The van der Waals surface area contributed by atoms with Gasteiger partial charge in [0.05, 0.1) is 6.61 Å². The van der Waals surface area contributed by atoms with E-state index in [-0.39, 0.29) is 13.2 Å². The van der Waals surface area contributed by atoms with Crippen LogP contribution < -0.4 is 4.74 Å². The van der Waals surface area contributed by atoms with E-state index in [1.807, 2.05) is 13.8 Å². The number of aliphatic hydroxyl groups is 1. The Balaban J connectivity index is 2.72. The average molecular weight is 166 g/mol. The number of ether oxygens (including phenoxy) is 1. The maximum Gasteiger partial charge on any atom is 0.213 e. The van der Waals surface area contributed by atoms with Gasteiger partial charge in [0.1, 0.15) is 6.61 Å². The molecule has 0 aromatic carbocycles. The summed E-state index contributed by atoms with van der Waals surface area (Å²) in [4.78, 5) is 4.08. The van der Waals surface area contributed by atoms with Crippen molar-refractivity contribution >= 4 is 0 Å². The second-order valence-corrected chi connectivity index (χ2v) is 2.56. The number of rotatable bonds is 3. The van der Waals surface area contributed by atoms with Crippen LogP contribution >= 0.6 is 0 Å². The van der Waals surface area contributed by atoms with Crippen molar-refractivity contribution in [1.82, 2.24) is 4.98 Å². The second kappa shape index (κ2) is 4.07. The summed E-state index contributed by atoms with van der Waals surface area (Å²) >= 11 is 0. The van der Waals surface area contributed by atoms with E-state index in [2.05, 4.69) is 11.1 Å². The van der Waals surface area contributed by atoms with E-state index in [0.717, 1.165) is 11.3 Å². The highest BCUT2D eigenvalue weighted by Crippen LogP contribution is 2.10. The Morgan fingerprint density at radius 3 is 2.92 bits per heavy atom. The van der Waals surface area contributed by atoms with Crippen molar-refractivity contribution in [3.05, 3.63) is 23.4 Å². The molecule has 12 heavy (non-hydrogen) atoms. The van der Waals surface area contributed by atoms with Crippen molar-refractivity contribution < 1.29 is 9.84 Å². The summed E-state index contributed by atoms with van der Waals surface area (Å²) < 4.78 is 5.14. The largest absolute Gasteiger partial charge is 0.475 e. The minimum absolute atomic E-state index is 0.0123. The average Bonchev–Trinajstić information content (AvgIpc) is 1.99. The van der Waals surface area contributed by atoms with Crippen molar-refractivity contribution in [1.29, 1.82) is 0 Å². The Kier molecular flexibility index (Phi) is 3.05. The number of pyridine rings is 1. The highest BCUT2D eigenvalue weighted by atomic mass is 16.5. The number of aryl methyl sites for hydroxylation is 2. The molecule has 0 saturated heterocycles. The summed E-state index contributed by atoms with van der Waals surface area (Å²) in [6, 6.07) is 4.83. The predicted octanol–water partition coefficient (Wildman–Crippen LogP) is 0.870. The molecule has 1 N–H and O–H groups in total. The lowest BCUT2D eigenvalue weighted by atomic mass is 10.2. The molecule has 1 aromatic heterocycles. The van der Waals surface area contributed by atoms with Gasteiger partial charge in [0, 0.05) is 17.8 Å². The van der Waals surface area contributed by atoms with E-state index >= 15 is 0 Å². The highest BCUT2D eigenvalue weighted by Gasteiger charge is 1.97. The Hall–Kier alpha value is -1.09. The zero-order valence-corrected chi connectivity index (χ0v) is 7.29. The Bertz CT molecular complexity index is 240. The van der Waals surface area contributed by atoms with Crippen LogP contribution in [0.1, 0.15) is 11.3 Å². The third kappa shape index (κ3) is 2.51. The third-order valence-electron chi connectivity index (χ3n) is 1.34. The van der Waals surface area contributed by atoms with Crippen LogP contribution in [0.3, 0.4) is 0 Å². The maximum atomic E-state index is 8.51. The van der Waals surface area contributed by atoms with Crippen molar-refractivity contribution in [2.45, 2.75) is 13.8 Å². The van der Waals surface area contributed by atoms with Crippen LogP contribution in [0, 0.1) is 19.9 Å². The van der Waals surface area contributed by atoms with E-state index in [9.17, 15) is 0 Å². The van der Waals surface area contributed by atoms with Crippen LogP contribution in [0.15, 0.2) is 6.07 Å². The van der Waals surface area contributed by atoms with Gasteiger partial charge in [-0.3, -0.25) is 0 Å². The number of hydrogen-bond acceptors (Lipinski definition) is 3. The van der Waals surface area contributed by atoms with Crippen molar-refractivity contribution in [2.24, 2.45) is 0 Å². The number of nitrogens with zero attached hydrogens (tertiary/aromatic N) is 1. The molecular formula is C9H12NO2. The first kappa shape index (κ1) is 9.00. The monoisotopic (exact) mass is 166 g/mol. The van der Waals surface area contributed by atoms with Crippen LogP contribution in [0.25, 0.3) is 0 Å². The molecule has 0 aliphatic heterocycles. The van der Waals surface area contributed by atoms with Crippen LogP contribution in [0.4, 0.5) is 0 Å². The molecular weight excluding hydrogens is 154 g/mol. The van der Waals surface area contributed by atoms with Crippen LogP contribution in [0.5, 0.6) is 5.88 Å². The minimum atomic E-state index is 0.0123. The molecule has 0 amide bonds. The lowest BCUT2D eigenvalue weighted by molar-refractivity contribution is 0.196. The van der Waals surface area contributed by atoms with Gasteiger partial charge >= 0.3 is 0 Å². The topological polar surface area (TPSA) is 42.4 Å². The minimum Gasteiger partial charge on any atom is -0.475 e. The molecule has 1 radical (unpaired) electrons. The molecule has 65 valence electrons. The third-order valence-corrected chi connectivity index (χ3v) is 1.34. The zero-order chi connectivity index (χ0) is 8.97. The molecule has 1 heterocycles. The van der Waals surface area contributed by atoms with Gasteiger partial charge in [0.25, 0.3) is 0 Å². The molecule has 0 fully saturated rings. The van der Waals surface area contributed by atoms with Gasteiger partial charge in [-0.05, 0) is 19.4 Å². The van der Waals surface area contributed by atoms with E-state index in [1.165, 1.54) is 0 Å². The number of aliphatic hydroxyl groups excluding tert-OH is 1. The smallest absolute Gasteiger partial charge is 0.213 e. The van der Waals surface area contributed by atoms with E-state index in [0.29, 0.717) is 5.88 Å². The van der Waals surface area contributed by atoms with Gasteiger partial charge in [-0.1, -0.05) is 0 Å². The molecule has 3 nitrogen and oxygen atoms in total. The fourth-order valence-corrected chi connectivity index (χ4v) is 0.956. The summed E-state index contributed by atoms with van der Waals surface area (Å²) in [5.41, 5.74) is 1.80. The van der Waals surface area contributed by atoms with Gasteiger partial charge in [0.2, 0.25) is 5.88 Å². The molecule has 0 aliphatic carbocycles. The first-order valence-corrected chi connectivity index (χ1v) is 3.83. The normalized spacial score (nSPS) is 9.92. The van der Waals surface area contributed by atoms with E-state index in [4.69, 9.17) is 9.84 Å². The summed E-state index contributed by atoms with van der Waals surface area (Å²) in [6.07, 6.45) is 0. The molecule has 0 atom stereocenters. The molecule has 0 unspecified atom stereocenters. The second-order valence-electron chi connectivity index (χ2n) is 2.56. The summed E-state index contributed by atoms with van der Waals surface area (Å²) in [7, 11) is 0. The summed E-state index contributed by atoms with van der Waals surface area (Å²) in [5, 5.41) is 8.51. The summed E-state index contributed by atoms with van der Waals surface area (Å²) in [6.45, 7) is 4.09. The van der Waals surface area contributed by atoms with Gasteiger partial charge in [0.15, 0.2) is 0 Å². The Labute approximate surface area is 72.0 Å². The summed E-state index contributed by atoms with van der Waals surface area (Å²) in [5.74, 6) is 0.554. The fraction of sp³-hybridized carbons (Fsp3) is 0.444. The fourth-order valence-electron chi connectivity index (χ4n) is 0.956. The number of hydrogen-bond donors (Lipinski definition) is 1. The van der Waals surface area contributed by atoms with Gasteiger partial charge in [-0.15, -0.1) is 0 Å². The molecule has 0 bridgehead atoms. The van der Waals surface area contributed by atoms with Gasteiger partial charge in [-0.2, -0.15) is 0 Å². The molecule has 1 rings (SSSR count). The molecule has 1 aromatic rings. The van der Waals surface area contributed by atoms with Crippen LogP contribution in [-0.4, -0.2) is 23.3 Å². The lowest BCUT2D eigenvalue weighted by Crippen LogP contribution is -2.03. The van der Waals surface area contributed by atoms with E-state index in [1.54, 1.807) is 6.07 Å². The first-order chi connectivity index (χ1) is 5.72. The van der Waals surface area contributed by atoms with Gasteiger partial charge in [-0.25, -0.2) is 4.98 Å². The van der Waals surface area contributed by atoms with Gasteiger partial charge < -0.3 is 9.84 Å². The van der Waals surface area contributed by atoms with E-state index < -0.39 is 0 Å². The first-order valence-electron chi connectivity index (χ1n) is 3.83. The SMILES string of the molecule is Cc1[c]c(C)nc(OCCO)c1. The van der Waals surface area contributed by atoms with Crippen molar-refractivity contribution in [2.75, 3.05) is 13.2 Å². The zero-order valence-electron chi connectivity index (χ0n) is 7.29.